The molecule has 10 heteroatoms. The zero-order valence-electron chi connectivity index (χ0n) is 16.9. The van der Waals surface area contributed by atoms with Crippen LogP contribution in [0.1, 0.15) is 30.3 Å². The number of sulfonamides is 1. The van der Waals surface area contributed by atoms with Crippen LogP contribution < -0.4 is 5.32 Å². The van der Waals surface area contributed by atoms with Crippen molar-refractivity contribution in [3.8, 4) is 0 Å². The molecule has 0 saturated carbocycles. The molecule has 1 unspecified atom stereocenters. The van der Waals surface area contributed by atoms with E-state index in [1.54, 1.807) is 18.2 Å². The van der Waals surface area contributed by atoms with Gasteiger partial charge in [-0.05, 0) is 50.1 Å². The zero-order valence-corrected chi connectivity index (χ0v) is 17.7. The number of carbonyl (C=O) groups excluding carboxylic acids is 2. The van der Waals surface area contributed by atoms with Gasteiger partial charge in [0.05, 0.1) is 10.4 Å². The average molecular weight is 442 g/mol. The smallest absolute Gasteiger partial charge is 0.360 e. The van der Waals surface area contributed by atoms with Crippen LogP contribution in [0.2, 0.25) is 0 Å². The Hall–Kier alpha value is -3.24. The fraction of sp³-hybridized carbons (Fsp3) is 0.286. The highest BCUT2D eigenvalue weighted by Crippen LogP contribution is 2.22. The third-order valence-corrected chi connectivity index (χ3v) is 7.05. The zero-order chi connectivity index (χ0) is 22.0. The van der Waals surface area contributed by atoms with E-state index in [9.17, 15) is 18.0 Å². The van der Waals surface area contributed by atoms with Crippen LogP contribution >= 0.6 is 0 Å². The van der Waals surface area contributed by atoms with E-state index in [2.05, 4.69) is 15.5 Å². The lowest BCUT2D eigenvalue weighted by Crippen LogP contribution is -2.30. The van der Waals surface area contributed by atoms with Crippen molar-refractivity contribution in [2.24, 2.45) is 0 Å². The highest BCUT2D eigenvalue weighted by molar-refractivity contribution is 7.89. The molecular weight excluding hydrogens is 420 g/mol. The fourth-order valence-corrected chi connectivity index (χ4v) is 4.94. The molecule has 1 saturated heterocycles. The van der Waals surface area contributed by atoms with Crippen molar-refractivity contribution < 1.29 is 22.7 Å². The minimum absolute atomic E-state index is 0.103. The minimum atomic E-state index is -3.52. The van der Waals surface area contributed by atoms with E-state index < -0.39 is 28.0 Å². The number of hydrogen-bond acceptors (Lipinski definition) is 6. The summed E-state index contributed by atoms with van der Waals surface area (Å²) in [4.78, 5) is 25.0. The molecule has 1 aliphatic heterocycles. The van der Waals surface area contributed by atoms with Crippen LogP contribution in [-0.4, -0.2) is 54.0 Å². The van der Waals surface area contributed by atoms with Gasteiger partial charge in [-0.15, -0.1) is 0 Å². The maximum Gasteiger partial charge on any atom is 0.360 e. The van der Waals surface area contributed by atoms with Gasteiger partial charge in [0.2, 0.25) is 10.0 Å². The van der Waals surface area contributed by atoms with Gasteiger partial charge < -0.3 is 10.1 Å². The molecule has 4 rings (SSSR count). The normalized spacial score (nSPS) is 15.6. The minimum Gasteiger partial charge on any atom is -0.448 e. The summed E-state index contributed by atoms with van der Waals surface area (Å²) in [6.07, 6.45) is 0.645. The molecule has 1 aromatic heterocycles. The van der Waals surface area contributed by atoms with E-state index in [0.29, 0.717) is 29.7 Å². The first-order chi connectivity index (χ1) is 14.9. The Labute approximate surface area is 179 Å². The number of hydrogen-bond donors (Lipinski definition) is 2. The number of carbonyl (C=O) groups is 2. The van der Waals surface area contributed by atoms with Gasteiger partial charge in [-0.3, -0.25) is 9.89 Å². The summed E-state index contributed by atoms with van der Waals surface area (Å²) in [5, 5.41) is 9.94. The van der Waals surface area contributed by atoms with Crippen LogP contribution in [0.3, 0.4) is 0 Å². The quantitative estimate of drug-likeness (QED) is 0.566. The maximum absolute atomic E-state index is 12.6. The van der Waals surface area contributed by atoms with Crippen molar-refractivity contribution in [3.05, 3.63) is 54.2 Å². The molecule has 2 aromatic carbocycles. The molecule has 9 nitrogen and oxygen atoms in total. The second-order valence-corrected chi connectivity index (χ2v) is 9.23. The van der Waals surface area contributed by atoms with Crippen molar-refractivity contribution in [2.75, 3.05) is 18.4 Å². The van der Waals surface area contributed by atoms with Gasteiger partial charge in [0.25, 0.3) is 5.91 Å². The van der Waals surface area contributed by atoms with E-state index in [4.69, 9.17) is 4.74 Å². The second-order valence-electron chi connectivity index (χ2n) is 7.29. The summed E-state index contributed by atoms with van der Waals surface area (Å²) in [5.74, 6) is -1.25. The van der Waals surface area contributed by atoms with Crippen molar-refractivity contribution >= 4 is 38.5 Å². The first kappa shape index (κ1) is 21.0. The third kappa shape index (κ3) is 4.30. The summed E-state index contributed by atoms with van der Waals surface area (Å²) in [5.41, 5.74) is 1.20. The highest BCUT2D eigenvalue weighted by atomic mass is 32.2. The van der Waals surface area contributed by atoms with Crippen LogP contribution in [-0.2, 0) is 19.6 Å². The van der Waals surface area contributed by atoms with Gasteiger partial charge in [-0.25, -0.2) is 13.2 Å². The Morgan fingerprint density at radius 1 is 1.10 bits per heavy atom. The topological polar surface area (TPSA) is 121 Å². The van der Waals surface area contributed by atoms with E-state index >= 15 is 0 Å². The van der Waals surface area contributed by atoms with E-state index in [-0.39, 0.29) is 10.6 Å². The molecule has 1 amide bonds. The highest BCUT2D eigenvalue weighted by Gasteiger charge is 2.27. The number of nitrogens with one attached hydrogen (secondary N) is 2. The number of aromatic nitrogens is 2. The number of benzene rings is 2. The molecule has 2 N–H and O–H groups in total. The van der Waals surface area contributed by atoms with Crippen LogP contribution in [0.25, 0.3) is 10.9 Å². The largest absolute Gasteiger partial charge is 0.448 e. The molecule has 0 radical (unpaired) electrons. The van der Waals surface area contributed by atoms with Crippen molar-refractivity contribution in [1.29, 1.82) is 0 Å². The number of aromatic amines is 1. The predicted octanol–water partition coefficient (Wildman–Crippen LogP) is 2.53. The molecule has 3 aromatic rings. The molecule has 1 fully saturated rings. The number of ether oxygens (including phenoxy) is 1. The summed E-state index contributed by atoms with van der Waals surface area (Å²) in [6, 6.07) is 13.0. The molecule has 31 heavy (non-hydrogen) atoms. The van der Waals surface area contributed by atoms with Crippen LogP contribution in [0.4, 0.5) is 5.69 Å². The van der Waals surface area contributed by atoms with Crippen molar-refractivity contribution in [3.63, 3.8) is 0 Å². The Balaban J connectivity index is 1.39. The van der Waals surface area contributed by atoms with Gasteiger partial charge in [-0.2, -0.15) is 9.40 Å². The second kappa shape index (κ2) is 8.48. The van der Waals surface area contributed by atoms with Crippen LogP contribution in [0.5, 0.6) is 0 Å². The number of anilines is 1. The summed E-state index contributed by atoms with van der Waals surface area (Å²) in [7, 11) is -3.52. The molecular formula is C21H22N4O5S. The number of fused-ring (bicyclic) bond motifs is 1. The monoisotopic (exact) mass is 442 g/mol. The molecule has 1 aliphatic rings. The number of para-hydroxylation sites is 1. The number of nitrogens with zero attached hydrogens (tertiary/aromatic N) is 2. The van der Waals surface area contributed by atoms with Crippen molar-refractivity contribution in [2.45, 2.75) is 30.8 Å². The van der Waals surface area contributed by atoms with Crippen LogP contribution in [0.15, 0.2) is 53.4 Å². The Morgan fingerprint density at radius 3 is 2.48 bits per heavy atom. The van der Waals surface area contributed by atoms with Gasteiger partial charge in [-0.1, -0.05) is 18.2 Å². The fourth-order valence-electron chi connectivity index (χ4n) is 3.42. The number of rotatable bonds is 6. The summed E-state index contributed by atoms with van der Waals surface area (Å²) < 4.78 is 31.9. The van der Waals surface area contributed by atoms with Gasteiger partial charge in [0, 0.05) is 24.2 Å². The number of amides is 1. The lowest BCUT2D eigenvalue weighted by Gasteiger charge is -2.16. The van der Waals surface area contributed by atoms with Crippen LogP contribution in [0, 0.1) is 0 Å². The SMILES string of the molecule is CC(OC(=O)c1n[nH]c2ccccc12)C(=O)Nc1ccc(S(=O)(=O)N2CCCC2)cc1. The van der Waals surface area contributed by atoms with Gasteiger partial charge >= 0.3 is 5.97 Å². The van der Waals surface area contributed by atoms with Gasteiger partial charge in [0.1, 0.15) is 0 Å². The maximum atomic E-state index is 12.6. The summed E-state index contributed by atoms with van der Waals surface area (Å²) >= 11 is 0. The summed E-state index contributed by atoms with van der Waals surface area (Å²) in [6.45, 7) is 2.50. The number of esters is 1. The molecule has 0 bridgehead atoms. The molecule has 2 heterocycles. The lowest BCUT2D eigenvalue weighted by molar-refractivity contribution is -0.123. The molecule has 1 atom stereocenters. The first-order valence-electron chi connectivity index (χ1n) is 9.91. The molecule has 162 valence electrons. The third-order valence-electron chi connectivity index (χ3n) is 5.14. The Morgan fingerprint density at radius 2 is 1.77 bits per heavy atom. The molecule has 0 spiro atoms. The molecule has 0 aliphatic carbocycles. The lowest BCUT2D eigenvalue weighted by atomic mass is 10.2. The van der Waals surface area contributed by atoms with Crippen molar-refractivity contribution in [1.82, 2.24) is 14.5 Å². The van der Waals surface area contributed by atoms with E-state index in [1.807, 2.05) is 6.07 Å². The number of H-pyrrole nitrogens is 1. The average Bonchev–Trinajstić information content (AvgIpc) is 3.44. The standard InChI is InChI=1S/C21H22N4O5S/c1-14(30-21(27)19-17-6-2-3-7-18(17)23-24-19)20(26)22-15-8-10-16(11-9-15)31(28,29)25-12-4-5-13-25/h2-3,6-11,14H,4-5,12-13H2,1H3,(H,22,26)(H,23,24). The first-order valence-corrected chi connectivity index (χ1v) is 11.4. The predicted molar refractivity (Wildman–Crippen MR) is 114 cm³/mol. The Bertz CT molecular complexity index is 1210. The van der Waals surface area contributed by atoms with Gasteiger partial charge in [0.15, 0.2) is 11.8 Å². The Kier molecular flexibility index (Phi) is 5.75. The van der Waals surface area contributed by atoms with E-state index in [0.717, 1.165) is 12.8 Å². The van der Waals surface area contributed by atoms with E-state index in [1.165, 1.54) is 35.5 Å².